The highest BCUT2D eigenvalue weighted by Crippen LogP contribution is 2.51. The van der Waals surface area contributed by atoms with Crippen LogP contribution in [0.2, 0.25) is 0 Å². The maximum Gasteiger partial charge on any atom is 0.241 e. The number of hydrogen-bond acceptors (Lipinski definition) is 4. The van der Waals surface area contributed by atoms with Crippen LogP contribution in [0.5, 0.6) is 5.75 Å². The van der Waals surface area contributed by atoms with Crippen molar-refractivity contribution in [3.8, 4) is 5.75 Å². The van der Waals surface area contributed by atoms with Gasteiger partial charge in [0.1, 0.15) is 16.9 Å². The largest absolute Gasteiger partial charge is 0.487 e. The van der Waals surface area contributed by atoms with Gasteiger partial charge < -0.3 is 20.5 Å². The van der Waals surface area contributed by atoms with Crippen LogP contribution in [-0.4, -0.2) is 29.8 Å². The van der Waals surface area contributed by atoms with Crippen LogP contribution in [0.4, 0.5) is 0 Å². The lowest BCUT2D eigenvalue weighted by Gasteiger charge is -2.58. The second kappa shape index (κ2) is 6.49. The molecule has 1 heterocycles. The van der Waals surface area contributed by atoms with E-state index in [1.165, 1.54) is 12.8 Å². The molecule has 0 bridgehead atoms. The SMILES string of the molecule is CCOC1CC(N)(C(=O)NC2CC3(CCCC3)Oc3ccccc32)C1(C)C. The molecule has 1 spiro atoms. The van der Waals surface area contributed by atoms with E-state index in [-0.39, 0.29) is 29.1 Å². The van der Waals surface area contributed by atoms with Gasteiger partial charge in [0, 0.05) is 30.4 Å². The van der Waals surface area contributed by atoms with Crippen molar-refractivity contribution in [3.05, 3.63) is 29.8 Å². The molecule has 0 radical (unpaired) electrons. The molecule has 5 heteroatoms. The fraction of sp³-hybridized carbons (Fsp3) is 0.682. The summed E-state index contributed by atoms with van der Waals surface area (Å²) in [4.78, 5) is 13.3. The molecule has 2 saturated carbocycles. The molecule has 3 unspecified atom stereocenters. The number of hydrogen-bond donors (Lipinski definition) is 2. The lowest BCUT2D eigenvalue weighted by Crippen LogP contribution is -2.76. The molecule has 0 aromatic heterocycles. The first-order chi connectivity index (χ1) is 12.8. The summed E-state index contributed by atoms with van der Waals surface area (Å²) in [6.45, 7) is 6.69. The Bertz CT molecular complexity index is 726. The van der Waals surface area contributed by atoms with Gasteiger partial charge in [0.15, 0.2) is 0 Å². The van der Waals surface area contributed by atoms with Crippen LogP contribution in [0, 0.1) is 5.41 Å². The second-order valence-electron chi connectivity index (χ2n) is 9.10. The first kappa shape index (κ1) is 18.8. The van der Waals surface area contributed by atoms with Crippen molar-refractivity contribution in [1.82, 2.24) is 5.32 Å². The summed E-state index contributed by atoms with van der Waals surface area (Å²) < 4.78 is 12.2. The summed E-state index contributed by atoms with van der Waals surface area (Å²) in [6.07, 6.45) is 5.90. The van der Waals surface area contributed by atoms with E-state index < -0.39 is 5.54 Å². The van der Waals surface area contributed by atoms with Crippen molar-refractivity contribution >= 4 is 5.91 Å². The predicted molar refractivity (Wildman–Crippen MR) is 105 cm³/mol. The molecule has 2 aliphatic carbocycles. The Hall–Kier alpha value is -1.59. The summed E-state index contributed by atoms with van der Waals surface area (Å²) in [5.41, 5.74) is 6.24. The minimum atomic E-state index is -0.900. The van der Waals surface area contributed by atoms with Gasteiger partial charge in [-0.1, -0.05) is 32.0 Å². The summed E-state index contributed by atoms with van der Waals surface area (Å²) in [5, 5.41) is 3.29. The van der Waals surface area contributed by atoms with Crippen LogP contribution >= 0.6 is 0 Å². The molecule has 148 valence electrons. The Morgan fingerprint density at radius 1 is 1.26 bits per heavy atom. The lowest BCUT2D eigenvalue weighted by atomic mass is 9.54. The smallest absolute Gasteiger partial charge is 0.241 e. The monoisotopic (exact) mass is 372 g/mol. The van der Waals surface area contributed by atoms with Crippen LogP contribution in [0.3, 0.4) is 0 Å². The molecule has 1 aliphatic heterocycles. The first-order valence-corrected chi connectivity index (χ1v) is 10.3. The molecule has 3 aliphatic rings. The zero-order valence-corrected chi connectivity index (χ0v) is 16.7. The van der Waals surface area contributed by atoms with Crippen LogP contribution in [-0.2, 0) is 9.53 Å². The van der Waals surface area contributed by atoms with Gasteiger partial charge in [-0.2, -0.15) is 0 Å². The highest BCUT2D eigenvalue weighted by atomic mass is 16.5. The molecule has 1 aromatic carbocycles. The predicted octanol–water partition coefficient (Wildman–Crippen LogP) is 3.47. The highest BCUT2D eigenvalue weighted by Gasteiger charge is 2.63. The molecule has 0 saturated heterocycles. The molecule has 3 atom stereocenters. The van der Waals surface area contributed by atoms with E-state index >= 15 is 0 Å². The van der Waals surface area contributed by atoms with E-state index in [0.717, 1.165) is 30.6 Å². The molecule has 5 nitrogen and oxygen atoms in total. The zero-order chi connectivity index (χ0) is 19.3. The number of carbonyl (C=O) groups is 1. The normalized spacial score (nSPS) is 33.0. The van der Waals surface area contributed by atoms with Gasteiger partial charge in [-0.05, 0) is 38.7 Å². The number of nitrogens with one attached hydrogen (secondary N) is 1. The molecule has 27 heavy (non-hydrogen) atoms. The number of carbonyl (C=O) groups excluding carboxylic acids is 1. The molecular formula is C22H32N2O3. The number of nitrogens with two attached hydrogens (primary N) is 1. The minimum absolute atomic E-state index is 0.0291. The Balaban J connectivity index is 1.56. The quantitative estimate of drug-likeness (QED) is 0.849. The third-order valence-corrected chi connectivity index (χ3v) is 7.25. The van der Waals surface area contributed by atoms with Crippen LogP contribution in [0.15, 0.2) is 24.3 Å². The second-order valence-corrected chi connectivity index (χ2v) is 9.10. The van der Waals surface area contributed by atoms with E-state index in [1.807, 2.05) is 39.0 Å². The zero-order valence-electron chi connectivity index (χ0n) is 16.7. The molecular weight excluding hydrogens is 340 g/mol. The molecule has 3 N–H and O–H groups in total. The third kappa shape index (κ3) is 2.87. The van der Waals surface area contributed by atoms with Gasteiger partial charge >= 0.3 is 0 Å². The molecule has 2 fully saturated rings. The Morgan fingerprint density at radius 2 is 1.96 bits per heavy atom. The van der Waals surface area contributed by atoms with E-state index in [9.17, 15) is 4.79 Å². The Morgan fingerprint density at radius 3 is 2.63 bits per heavy atom. The van der Waals surface area contributed by atoms with Crippen molar-refractivity contribution in [2.45, 2.75) is 82.6 Å². The number of ether oxygens (including phenoxy) is 2. The van der Waals surface area contributed by atoms with Gasteiger partial charge in [-0.25, -0.2) is 0 Å². The maximum atomic E-state index is 13.3. The van der Waals surface area contributed by atoms with Crippen molar-refractivity contribution in [3.63, 3.8) is 0 Å². The first-order valence-electron chi connectivity index (χ1n) is 10.3. The number of amides is 1. The minimum Gasteiger partial charge on any atom is -0.487 e. The molecule has 4 rings (SSSR count). The number of para-hydroxylation sites is 1. The summed E-state index contributed by atoms with van der Waals surface area (Å²) in [5.74, 6) is 0.834. The summed E-state index contributed by atoms with van der Waals surface area (Å²) in [7, 11) is 0. The van der Waals surface area contributed by atoms with Crippen molar-refractivity contribution in [2.24, 2.45) is 11.1 Å². The van der Waals surface area contributed by atoms with E-state index in [2.05, 4.69) is 11.4 Å². The standard InChI is InChI=1S/C22H32N2O3/c1-4-26-18-14-22(23,20(18,2)3)19(25)24-16-13-21(11-7-8-12-21)27-17-10-6-5-9-15(16)17/h5-6,9-10,16,18H,4,7-8,11-14,23H2,1-3H3,(H,24,25). The Kier molecular flexibility index (Phi) is 4.51. The van der Waals surface area contributed by atoms with E-state index in [0.29, 0.717) is 13.0 Å². The maximum absolute atomic E-state index is 13.3. The number of fused-ring (bicyclic) bond motifs is 1. The van der Waals surface area contributed by atoms with Gasteiger partial charge in [0.2, 0.25) is 5.91 Å². The molecule has 1 amide bonds. The highest BCUT2D eigenvalue weighted by molar-refractivity contribution is 5.89. The fourth-order valence-corrected chi connectivity index (χ4v) is 5.18. The summed E-state index contributed by atoms with van der Waals surface area (Å²) in [6, 6.07) is 8.02. The molecule has 1 aromatic rings. The van der Waals surface area contributed by atoms with Crippen LogP contribution in [0.1, 0.15) is 70.9 Å². The van der Waals surface area contributed by atoms with Gasteiger partial charge in [0.05, 0.1) is 12.1 Å². The number of rotatable bonds is 4. The van der Waals surface area contributed by atoms with Crippen LogP contribution < -0.4 is 15.8 Å². The van der Waals surface area contributed by atoms with Crippen molar-refractivity contribution in [2.75, 3.05) is 6.61 Å². The van der Waals surface area contributed by atoms with Crippen LogP contribution in [0.25, 0.3) is 0 Å². The average molecular weight is 373 g/mol. The average Bonchev–Trinajstić information content (AvgIpc) is 3.08. The lowest BCUT2D eigenvalue weighted by molar-refractivity contribution is -0.171. The Labute approximate surface area is 162 Å². The summed E-state index contributed by atoms with van der Waals surface area (Å²) >= 11 is 0. The van der Waals surface area contributed by atoms with E-state index in [4.69, 9.17) is 15.2 Å². The third-order valence-electron chi connectivity index (χ3n) is 7.25. The van der Waals surface area contributed by atoms with Gasteiger partial charge in [-0.3, -0.25) is 4.79 Å². The van der Waals surface area contributed by atoms with Crippen molar-refractivity contribution in [1.29, 1.82) is 0 Å². The fourth-order valence-electron chi connectivity index (χ4n) is 5.18. The van der Waals surface area contributed by atoms with Crippen molar-refractivity contribution < 1.29 is 14.3 Å². The van der Waals surface area contributed by atoms with Gasteiger partial charge in [0.25, 0.3) is 0 Å². The number of benzene rings is 1. The topological polar surface area (TPSA) is 73.6 Å². The van der Waals surface area contributed by atoms with E-state index in [1.54, 1.807) is 0 Å². The van der Waals surface area contributed by atoms with Gasteiger partial charge in [-0.15, -0.1) is 0 Å².